The van der Waals surface area contributed by atoms with Crippen molar-refractivity contribution in [2.45, 2.75) is 141 Å². The van der Waals surface area contributed by atoms with Gasteiger partial charge in [0, 0.05) is 12.2 Å². The van der Waals surface area contributed by atoms with E-state index in [1.807, 2.05) is 0 Å². The number of carbonyl (C=O) groups excluding carboxylic acids is 1. The van der Waals surface area contributed by atoms with E-state index >= 15 is 0 Å². The Morgan fingerprint density at radius 2 is 1.09 bits per heavy atom. The molecule has 7 nitrogen and oxygen atoms in total. The Balaban J connectivity index is 3.80. The lowest BCUT2D eigenvalue weighted by Crippen LogP contribution is -2.18. The van der Waals surface area contributed by atoms with Crippen LogP contribution >= 0.6 is 0 Å². The van der Waals surface area contributed by atoms with Crippen LogP contribution in [0, 0.1) is 0 Å². The predicted molar refractivity (Wildman–Crippen MR) is 141 cm³/mol. The van der Waals surface area contributed by atoms with Crippen LogP contribution in [0.4, 0.5) is 0 Å². The zero-order valence-electron chi connectivity index (χ0n) is 21.9. The molecular formula is C27H50O7S. The van der Waals surface area contributed by atoms with Crippen LogP contribution in [0.1, 0.15) is 135 Å². The van der Waals surface area contributed by atoms with Gasteiger partial charge in [0.25, 0.3) is 10.1 Å². The SMILES string of the molecule is CCCCCCCCCCCCCCCCCCCC(CCCS(=O)(=O)O)OC(=O)C=CC(=O)O. The van der Waals surface area contributed by atoms with Crippen molar-refractivity contribution in [1.82, 2.24) is 0 Å². The molecule has 35 heavy (non-hydrogen) atoms. The van der Waals surface area contributed by atoms with E-state index in [0.717, 1.165) is 25.3 Å². The minimum atomic E-state index is -4.05. The summed E-state index contributed by atoms with van der Waals surface area (Å²) < 4.78 is 36.0. The van der Waals surface area contributed by atoms with Crippen molar-refractivity contribution >= 4 is 22.1 Å². The summed E-state index contributed by atoms with van der Waals surface area (Å²) in [7, 11) is -4.05. The maximum absolute atomic E-state index is 11.8. The molecule has 0 saturated heterocycles. The lowest BCUT2D eigenvalue weighted by atomic mass is 10.0. The third kappa shape index (κ3) is 27.0. The summed E-state index contributed by atoms with van der Waals surface area (Å²) in [6.07, 6.45) is 23.9. The van der Waals surface area contributed by atoms with Crippen molar-refractivity contribution in [1.29, 1.82) is 0 Å². The van der Waals surface area contributed by atoms with Crippen molar-refractivity contribution in [2.75, 3.05) is 5.75 Å². The zero-order valence-corrected chi connectivity index (χ0v) is 22.7. The van der Waals surface area contributed by atoms with Gasteiger partial charge in [-0.05, 0) is 25.7 Å². The number of unbranched alkanes of at least 4 members (excludes halogenated alkanes) is 16. The number of carboxylic acids is 1. The molecule has 0 aliphatic carbocycles. The number of carboxylic acid groups (broad SMARTS) is 1. The molecule has 1 atom stereocenters. The monoisotopic (exact) mass is 518 g/mol. The molecule has 0 rings (SSSR count). The number of rotatable bonds is 25. The van der Waals surface area contributed by atoms with Gasteiger partial charge in [-0.15, -0.1) is 0 Å². The highest BCUT2D eigenvalue weighted by atomic mass is 32.2. The van der Waals surface area contributed by atoms with Crippen molar-refractivity contribution in [3.8, 4) is 0 Å². The Labute approximate surface area is 213 Å². The number of aliphatic carboxylic acids is 1. The molecule has 0 fully saturated rings. The summed E-state index contributed by atoms with van der Waals surface area (Å²) in [6, 6.07) is 0. The highest BCUT2D eigenvalue weighted by molar-refractivity contribution is 7.85. The summed E-state index contributed by atoms with van der Waals surface area (Å²) in [6.45, 7) is 2.26. The van der Waals surface area contributed by atoms with Crippen molar-refractivity contribution in [3.63, 3.8) is 0 Å². The first-order valence-corrected chi connectivity index (χ1v) is 15.4. The van der Waals surface area contributed by atoms with Crippen LogP contribution in [-0.4, -0.2) is 41.9 Å². The topological polar surface area (TPSA) is 118 Å². The fraction of sp³-hybridized carbons (Fsp3) is 0.852. The van der Waals surface area contributed by atoms with Gasteiger partial charge in [0.1, 0.15) is 6.10 Å². The quantitative estimate of drug-likeness (QED) is 0.0565. The van der Waals surface area contributed by atoms with Gasteiger partial charge in [-0.25, -0.2) is 9.59 Å². The van der Waals surface area contributed by atoms with Gasteiger partial charge >= 0.3 is 11.9 Å². The Morgan fingerprint density at radius 1 is 0.686 bits per heavy atom. The summed E-state index contributed by atoms with van der Waals surface area (Å²) in [5, 5.41) is 8.60. The molecule has 0 aromatic rings. The fourth-order valence-electron chi connectivity index (χ4n) is 4.20. The highest BCUT2D eigenvalue weighted by Crippen LogP contribution is 2.17. The van der Waals surface area contributed by atoms with E-state index in [1.54, 1.807) is 0 Å². The first-order valence-electron chi connectivity index (χ1n) is 13.8. The Kier molecular flexibility index (Phi) is 22.1. The van der Waals surface area contributed by atoms with Gasteiger partial charge < -0.3 is 9.84 Å². The molecule has 0 aliphatic rings. The number of esters is 1. The molecule has 0 bridgehead atoms. The Hall–Kier alpha value is -1.41. The zero-order chi connectivity index (χ0) is 26.2. The second kappa shape index (κ2) is 23.0. The first-order chi connectivity index (χ1) is 16.7. The van der Waals surface area contributed by atoms with E-state index in [1.165, 1.54) is 89.9 Å². The lowest BCUT2D eigenvalue weighted by molar-refractivity contribution is -0.144. The van der Waals surface area contributed by atoms with Crippen LogP contribution in [0.5, 0.6) is 0 Å². The molecule has 0 aromatic heterocycles. The molecule has 2 N–H and O–H groups in total. The van der Waals surface area contributed by atoms with Crippen LogP contribution in [-0.2, 0) is 24.4 Å². The van der Waals surface area contributed by atoms with E-state index in [4.69, 9.17) is 14.4 Å². The van der Waals surface area contributed by atoms with Crippen LogP contribution in [0.3, 0.4) is 0 Å². The average molecular weight is 519 g/mol. The van der Waals surface area contributed by atoms with Crippen LogP contribution in [0.25, 0.3) is 0 Å². The van der Waals surface area contributed by atoms with Gasteiger partial charge in [0.15, 0.2) is 0 Å². The molecule has 206 valence electrons. The molecule has 0 amide bonds. The van der Waals surface area contributed by atoms with Crippen LogP contribution in [0.2, 0.25) is 0 Å². The first kappa shape index (κ1) is 33.6. The molecular weight excluding hydrogens is 468 g/mol. The minimum absolute atomic E-state index is 0.179. The Bertz CT molecular complexity index is 658. The predicted octanol–water partition coefficient (Wildman–Crippen LogP) is 7.25. The normalized spacial score (nSPS) is 12.7. The number of ether oxygens (including phenoxy) is 1. The van der Waals surface area contributed by atoms with E-state index < -0.39 is 28.2 Å². The number of carbonyl (C=O) groups is 2. The molecule has 0 heterocycles. The summed E-state index contributed by atoms with van der Waals surface area (Å²) in [5.74, 6) is -2.38. The maximum Gasteiger partial charge on any atom is 0.331 e. The Morgan fingerprint density at radius 3 is 1.49 bits per heavy atom. The third-order valence-electron chi connectivity index (χ3n) is 6.20. The summed E-state index contributed by atoms with van der Waals surface area (Å²) in [5.41, 5.74) is 0. The van der Waals surface area contributed by atoms with Crippen molar-refractivity contribution < 1.29 is 32.4 Å². The molecule has 8 heteroatoms. The van der Waals surface area contributed by atoms with Crippen LogP contribution < -0.4 is 0 Å². The largest absolute Gasteiger partial charge is 0.478 e. The minimum Gasteiger partial charge on any atom is -0.478 e. The van der Waals surface area contributed by atoms with Gasteiger partial charge in [-0.3, -0.25) is 4.55 Å². The molecule has 0 spiro atoms. The molecule has 0 aromatic carbocycles. The maximum atomic E-state index is 11.8. The van der Waals surface area contributed by atoms with E-state index in [0.29, 0.717) is 18.9 Å². The molecule has 1 unspecified atom stereocenters. The van der Waals surface area contributed by atoms with Gasteiger partial charge in [-0.2, -0.15) is 8.42 Å². The van der Waals surface area contributed by atoms with Gasteiger partial charge in [0.2, 0.25) is 0 Å². The molecule has 0 radical (unpaired) electrons. The fourth-order valence-corrected chi connectivity index (χ4v) is 4.73. The van der Waals surface area contributed by atoms with E-state index in [-0.39, 0.29) is 12.2 Å². The standard InChI is InChI=1S/C27H50O7S/c1-2-3-4-5-6-7-8-9-10-11-12-13-14-15-16-17-18-20-25(21-19-24-35(31,32)33)34-27(30)23-22-26(28)29/h22-23,25H,2-21,24H2,1H3,(H,28,29)(H,31,32,33). The van der Waals surface area contributed by atoms with E-state index in [2.05, 4.69) is 6.92 Å². The highest BCUT2D eigenvalue weighted by Gasteiger charge is 2.15. The second-order valence-corrected chi connectivity index (χ2v) is 11.2. The van der Waals surface area contributed by atoms with Gasteiger partial charge in [0.05, 0.1) is 5.75 Å². The number of hydrogen-bond donors (Lipinski definition) is 2. The average Bonchev–Trinajstić information content (AvgIpc) is 2.78. The lowest BCUT2D eigenvalue weighted by Gasteiger charge is -2.16. The van der Waals surface area contributed by atoms with Crippen LogP contribution in [0.15, 0.2) is 12.2 Å². The molecule has 0 aliphatic heterocycles. The smallest absolute Gasteiger partial charge is 0.331 e. The summed E-state index contributed by atoms with van der Waals surface area (Å²) >= 11 is 0. The summed E-state index contributed by atoms with van der Waals surface area (Å²) in [4.78, 5) is 22.3. The van der Waals surface area contributed by atoms with Crippen molar-refractivity contribution in [3.05, 3.63) is 12.2 Å². The van der Waals surface area contributed by atoms with Gasteiger partial charge in [-0.1, -0.05) is 110 Å². The molecule has 0 saturated carbocycles. The van der Waals surface area contributed by atoms with Crippen molar-refractivity contribution in [2.24, 2.45) is 0 Å². The third-order valence-corrected chi connectivity index (χ3v) is 7.01. The van der Waals surface area contributed by atoms with E-state index in [9.17, 15) is 18.0 Å². The second-order valence-electron chi connectivity index (χ2n) is 9.60. The number of hydrogen-bond acceptors (Lipinski definition) is 5.